The standard InChI is InChI=1S/C8H18N2O/c1-2-3-4-5-6-7(11)8(9)10/h7,11H,2-6H2,1H3,(H3,9,10). The Hall–Kier alpha value is -0.570. The van der Waals surface area contributed by atoms with Gasteiger partial charge in [-0.15, -0.1) is 0 Å². The van der Waals surface area contributed by atoms with Crippen molar-refractivity contribution < 1.29 is 5.11 Å². The van der Waals surface area contributed by atoms with E-state index in [2.05, 4.69) is 6.92 Å². The zero-order valence-electron chi connectivity index (χ0n) is 7.14. The molecule has 0 aliphatic rings. The molecule has 0 spiro atoms. The van der Waals surface area contributed by atoms with Crippen molar-refractivity contribution >= 4 is 5.84 Å². The molecule has 0 saturated carbocycles. The average Bonchev–Trinajstić information content (AvgIpc) is 1.97. The Kier molecular flexibility index (Phi) is 5.84. The second-order valence-electron chi connectivity index (χ2n) is 2.82. The predicted molar refractivity (Wildman–Crippen MR) is 46.7 cm³/mol. The van der Waals surface area contributed by atoms with Gasteiger partial charge in [-0.2, -0.15) is 0 Å². The van der Waals surface area contributed by atoms with E-state index in [0.717, 1.165) is 12.8 Å². The number of aliphatic hydroxyl groups excluding tert-OH is 1. The van der Waals surface area contributed by atoms with Crippen LogP contribution in [0.15, 0.2) is 0 Å². The molecular formula is C8H18N2O. The SMILES string of the molecule is CCCCCCC(O)C(=N)N. The van der Waals surface area contributed by atoms with Crippen molar-refractivity contribution in [3.63, 3.8) is 0 Å². The van der Waals surface area contributed by atoms with E-state index in [4.69, 9.17) is 16.2 Å². The van der Waals surface area contributed by atoms with E-state index in [1.807, 2.05) is 0 Å². The first-order chi connectivity index (χ1) is 5.18. The van der Waals surface area contributed by atoms with E-state index in [1.54, 1.807) is 0 Å². The van der Waals surface area contributed by atoms with E-state index in [9.17, 15) is 0 Å². The average molecular weight is 158 g/mol. The van der Waals surface area contributed by atoms with E-state index in [1.165, 1.54) is 12.8 Å². The van der Waals surface area contributed by atoms with Gasteiger partial charge in [0, 0.05) is 0 Å². The van der Waals surface area contributed by atoms with Crippen molar-refractivity contribution in [2.45, 2.75) is 45.1 Å². The van der Waals surface area contributed by atoms with Crippen LogP contribution in [0.4, 0.5) is 0 Å². The third-order valence-corrected chi connectivity index (χ3v) is 1.69. The van der Waals surface area contributed by atoms with E-state index >= 15 is 0 Å². The Morgan fingerprint density at radius 3 is 2.55 bits per heavy atom. The van der Waals surface area contributed by atoms with Gasteiger partial charge in [-0.25, -0.2) is 0 Å². The zero-order chi connectivity index (χ0) is 8.69. The maximum atomic E-state index is 9.08. The molecule has 0 aromatic rings. The Morgan fingerprint density at radius 1 is 1.45 bits per heavy atom. The summed E-state index contributed by atoms with van der Waals surface area (Å²) in [6.45, 7) is 2.14. The third-order valence-electron chi connectivity index (χ3n) is 1.69. The maximum Gasteiger partial charge on any atom is 0.120 e. The predicted octanol–water partition coefficient (Wildman–Crippen LogP) is 1.25. The molecule has 3 nitrogen and oxygen atoms in total. The van der Waals surface area contributed by atoms with Gasteiger partial charge in [-0.1, -0.05) is 32.6 Å². The normalized spacial score (nSPS) is 12.9. The van der Waals surface area contributed by atoms with Crippen molar-refractivity contribution in [3.05, 3.63) is 0 Å². The number of nitrogens with two attached hydrogens (primary N) is 1. The minimum absolute atomic E-state index is 0.110. The molecule has 0 heterocycles. The van der Waals surface area contributed by atoms with Crippen molar-refractivity contribution in [2.75, 3.05) is 0 Å². The number of hydrogen-bond acceptors (Lipinski definition) is 2. The van der Waals surface area contributed by atoms with Gasteiger partial charge >= 0.3 is 0 Å². The van der Waals surface area contributed by atoms with Gasteiger partial charge in [0.2, 0.25) is 0 Å². The van der Waals surface area contributed by atoms with Crippen molar-refractivity contribution in [1.82, 2.24) is 0 Å². The summed E-state index contributed by atoms with van der Waals surface area (Å²) < 4.78 is 0. The summed E-state index contributed by atoms with van der Waals surface area (Å²) in [6.07, 6.45) is 4.40. The van der Waals surface area contributed by atoms with Gasteiger partial charge in [-0.05, 0) is 6.42 Å². The van der Waals surface area contributed by atoms with Gasteiger partial charge in [-0.3, -0.25) is 5.41 Å². The molecule has 0 rings (SSSR count). The molecule has 0 saturated heterocycles. The van der Waals surface area contributed by atoms with Crippen LogP contribution in [0.1, 0.15) is 39.0 Å². The van der Waals surface area contributed by atoms with Crippen molar-refractivity contribution in [2.24, 2.45) is 5.73 Å². The highest BCUT2D eigenvalue weighted by atomic mass is 16.3. The first-order valence-corrected chi connectivity index (χ1v) is 4.20. The molecule has 0 aromatic carbocycles. The Bertz CT molecular complexity index is 115. The Balaban J connectivity index is 3.17. The third kappa shape index (κ3) is 5.85. The van der Waals surface area contributed by atoms with Gasteiger partial charge in [0.25, 0.3) is 0 Å². The van der Waals surface area contributed by atoms with E-state index < -0.39 is 6.10 Å². The lowest BCUT2D eigenvalue weighted by Gasteiger charge is -2.06. The van der Waals surface area contributed by atoms with E-state index in [-0.39, 0.29) is 5.84 Å². The van der Waals surface area contributed by atoms with Crippen molar-refractivity contribution in [1.29, 1.82) is 5.41 Å². The number of nitrogens with one attached hydrogen (secondary N) is 1. The smallest absolute Gasteiger partial charge is 0.120 e. The second kappa shape index (κ2) is 6.16. The quantitative estimate of drug-likeness (QED) is 0.309. The lowest BCUT2D eigenvalue weighted by molar-refractivity contribution is 0.223. The second-order valence-corrected chi connectivity index (χ2v) is 2.82. The summed E-state index contributed by atoms with van der Waals surface area (Å²) in [4.78, 5) is 0. The van der Waals surface area contributed by atoms with Crippen LogP contribution in [-0.4, -0.2) is 17.0 Å². The molecular weight excluding hydrogens is 140 g/mol. The highest BCUT2D eigenvalue weighted by Gasteiger charge is 2.05. The highest BCUT2D eigenvalue weighted by molar-refractivity contribution is 5.81. The minimum atomic E-state index is -0.716. The number of amidine groups is 1. The number of rotatable bonds is 6. The summed E-state index contributed by atoms with van der Waals surface area (Å²) in [5, 5.41) is 16.0. The molecule has 0 amide bonds. The Morgan fingerprint density at radius 2 is 2.09 bits per heavy atom. The van der Waals surface area contributed by atoms with Gasteiger partial charge in [0.15, 0.2) is 0 Å². The summed E-state index contributed by atoms with van der Waals surface area (Å²) in [6, 6.07) is 0. The van der Waals surface area contributed by atoms with Crippen LogP contribution >= 0.6 is 0 Å². The van der Waals surface area contributed by atoms with E-state index in [0.29, 0.717) is 6.42 Å². The fraction of sp³-hybridized carbons (Fsp3) is 0.875. The molecule has 0 bridgehead atoms. The number of hydrogen-bond donors (Lipinski definition) is 3. The highest BCUT2D eigenvalue weighted by Crippen LogP contribution is 2.04. The van der Waals surface area contributed by atoms with Crippen LogP contribution in [0.25, 0.3) is 0 Å². The molecule has 0 aliphatic carbocycles. The van der Waals surface area contributed by atoms with Crippen LogP contribution in [-0.2, 0) is 0 Å². The molecule has 1 atom stereocenters. The molecule has 0 aromatic heterocycles. The first-order valence-electron chi connectivity index (χ1n) is 4.20. The molecule has 4 N–H and O–H groups in total. The topological polar surface area (TPSA) is 70.1 Å². The molecule has 11 heavy (non-hydrogen) atoms. The van der Waals surface area contributed by atoms with Crippen LogP contribution in [0.3, 0.4) is 0 Å². The lowest BCUT2D eigenvalue weighted by Crippen LogP contribution is -2.27. The molecule has 0 aliphatic heterocycles. The molecule has 0 fully saturated rings. The minimum Gasteiger partial charge on any atom is -0.385 e. The fourth-order valence-corrected chi connectivity index (χ4v) is 0.920. The summed E-state index contributed by atoms with van der Waals surface area (Å²) in [7, 11) is 0. The number of unbranched alkanes of at least 4 members (excludes halogenated alkanes) is 3. The van der Waals surface area contributed by atoms with Crippen LogP contribution in [0, 0.1) is 5.41 Å². The summed E-state index contributed by atoms with van der Waals surface area (Å²) >= 11 is 0. The molecule has 3 heteroatoms. The fourth-order valence-electron chi connectivity index (χ4n) is 0.920. The maximum absolute atomic E-state index is 9.08. The molecule has 66 valence electrons. The zero-order valence-corrected chi connectivity index (χ0v) is 7.14. The van der Waals surface area contributed by atoms with Gasteiger partial charge in [0.05, 0.1) is 0 Å². The first kappa shape index (κ1) is 10.4. The molecule has 1 unspecified atom stereocenters. The van der Waals surface area contributed by atoms with Crippen molar-refractivity contribution in [3.8, 4) is 0 Å². The lowest BCUT2D eigenvalue weighted by atomic mass is 10.1. The number of aliphatic hydroxyl groups is 1. The van der Waals surface area contributed by atoms with Crippen LogP contribution < -0.4 is 5.73 Å². The summed E-state index contributed by atoms with van der Waals surface area (Å²) in [5.41, 5.74) is 5.08. The largest absolute Gasteiger partial charge is 0.385 e. The molecule has 0 radical (unpaired) electrons. The summed E-state index contributed by atoms with van der Waals surface area (Å²) in [5.74, 6) is -0.110. The Labute approximate surface area is 68.1 Å². The van der Waals surface area contributed by atoms with Gasteiger partial charge in [0.1, 0.15) is 11.9 Å². The monoisotopic (exact) mass is 158 g/mol. The van der Waals surface area contributed by atoms with Crippen LogP contribution in [0.5, 0.6) is 0 Å². The van der Waals surface area contributed by atoms with Gasteiger partial charge < -0.3 is 10.8 Å². The van der Waals surface area contributed by atoms with Crippen LogP contribution in [0.2, 0.25) is 0 Å².